The maximum absolute atomic E-state index is 11.6. The molecule has 1 aromatic carbocycles. The maximum atomic E-state index is 11.6. The van der Waals surface area contributed by atoms with Crippen LogP contribution in [0, 0.1) is 0 Å². The van der Waals surface area contributed by atoms with Crippen LogP contribution in [0.3, 0.4) is 0 Å². The van der Waals surface area contributed by atoms with Crippen LogP contribution >= 0.6 is 0 Å². The molecule has 1 amide bonds. The number of carbonyl (C=O) groups is 2. The molecule has 104 valence electrons. The molecule has 1 aromatic rings. The van der Waals surface area contributed by atoms with E-state index in [0.717, 1.165) is 6.26 Å². The molecule has 0 aliphatic carbocycles. The number of carboxylic acids is 1. The van der Waals surface area contributed by atoms with Crippen LogP contribution < -0.4 is 10.0 Å². The smallest absolute Gasteiger partial charge is 0.335 e. The number of carbonyl (C=O) groups excluding carboxylic acids is 1. The summed E-state index contributed by atoms with van der Waals surface area (Å²) in [4.78, 5) is 22.2. The van der Waals surface area contributed by atoms with Gasteiger partial charge in [0.15, 0.2) is 0 Å². The van der Waals surface area contributed by atoms with Gasteiger partial charge in [-0.1, -0.05) is 0 Å². The lowest BCUT2D eigenvalue weighted by molar-refractivity contribution is 0.0696. The number of sulfonamides is 1. The van der Waals surface area contributed by atoms with Gasteiger partial charge in [-0.2, -0.15) is 0 Å². The van der Waals surface area contributed by atoms with Crippen LogP contribution in [0.15, 0.2) is 24.3 Å². The summed E-state index contributed by atoms with van der Waals surface area (Å²) < 4.78 is 23.8. The third-order valence-corrected chi connectivity index (χ3v) is 2.90. The van der Waals surface area contributed by atoms with Gasteiger partial charge >= 0.3 is 5.97 Å². The van der Waals surface area contributed by atoms with Gasteiger partial charge in [0.2, 0.25) is 10.0 Å². The molecule has 0 spiro atoms. The predicted octanol–water partition coefficient (Wildman–Crippen LogP) is -0.336. The van der Waals surface area contributed by atoms with Crippen molar-refractivity contribution in [2.24, 2.45) is 0 Å². The number of nitrogens with one attached hydrogen (secondary N) is 2. The summed E-state index contributed by atoms with van der Waals surface area (Å²) >= 11 is 0. The molecular formula is C11H14N2O5S. The van der Waals surface area contributed by atoms with E-state index in [1.165, 1.54) is 24.3 Å². The molecule has 1 rings (SSSR count). The average molecular weight is 286 g/mol. The molecule has 0 bridgehead atoms. The van der Waals surface area contributed by atoms with E-state index in [0.29, 0.717) is 5.56 Å². The standard InChI is InChI=1S/C11H14N2O5S/c1-19(17,18)13-7-6-12-10(14)8-2-4-9(5-3-8)11(15)16/h2-5,13H,6-7H2,1H3,(H,12,14)(H,15,16). The second kappa shape index (κ2) is 6.30. The first kappa shape index (κ1) is 15.1. The highest BCUT2D eigenvalue weighted by atomic mass is 32.2. The lowest BCUT2D eigenvalue weighted by Gasteiger charge is -2.06. The minimum absolute atomic E-state index is 0.0929. The van der Waals surface area contributed by atoms with Crippen LogP contribution in [-0.2, 0) is 10.0 Å². The number of rotatable bonds is 6. The summed E-state index contributed by atoms with van der Waals surface area (Å²) in [5.74, 6) is -1.46. The molecule has 0 aromatic heterocycles. The highest BCUT2D eigenvalue weighted by Gasteiger charge is 2.07. The van der Waals surface area contributed by atoms with E-state index in [2.05, 4.69) is 10.0 Å². The normalized spacial score (nSPS) is 11.0. The van der Waals surface area contributed by atoms with Crippen LogP contribution in [0.25, 0.3) is 0 Å². The van der Waals surface area contributed by atoms with Gasteiger partial charge in [-0.05, 0) is 24.3 Å². The third kappa shape index (κ3) is 5.49. The van der Waals surface area contributed by atoms with Crippen molar-refractivity contribution in [2.45, 2.75) is 0 Å². The van der Waals surface area contributed by atoms with E-state index >= 15 is 0 Å². The predicted molar refractivity (Wildman–Crippen MR) is 68.6 cm³/mol. The topological polar surface area (TPSA) is 113 Å². The van der Waals surface area contributed by atoms with Gasteiger partial charge in [0.1, 0.15) is 0 Å². The first-order valence-electron chi connectivity index (χ1n) is 5.36. The van der Waals surface area contributed by atoms with Gasteiger partial charge in [-0.15, -0.1) is 0 Å². The van der Waals surface area contributed by atoms with Crippen molar-refractivity contribution in [1.29, 1.82) is 0 Å². The summed E-state index contributed by atoms with van der Waals surface area (Å²) in [5.41, 5.74) is 0.402. The summed E-state index contributed by atoms with van der Waals surface area (Å²) in [7, 11) is -3.27. The minimum atomic E-state index is -3.27. The summed E-state index contributed by atoms with van der Waals surface area (Å²) in [5, 5.41) is 11.2. The Hall–Kier alpha value is -1.93. The van der Waals surface area contributed by atoms with Gasteiger partial charge in [0.25, 0.3) is 5.91 Å². The number of carboxylic acid groups (broad SMARTS) is 1. The Labute approximate surface area is 110 Å². The zero-order chi connectivity index (χ0) is 14.5. The van der Waals surface area contributed by atoms with E-state index in [1.54, 1.807) is 0 Å². The van der Waals surface area contributed by atoms with Crippen molar-refractivity contribution < 1.29 is 23.1 Å². The number of hydrogen-bond acceptors (Lipinski definition) is 4. The van der Waals surface area contributed by atoms with Crippen LogP contribution in [0.2, 0.25) is 0 Å². The van der Waals surface area contributed by atoms with Crippen LogP contribution in [0.5, 0.6) is 0 Å². The summed E-state index contributed by atoms with van der Waals surface area (Å²) in [6.45, 7) is 0.240. The minimum Gasteiger partial charge on any atom is -0.478 e. The highest BCUT2D eigenvalue weighted by molar-refractivity contribution is 7.88. The van der Waals surface area contributed by atoms with E-state index in [9.17, 15) is 18.0 Å². The molecule has 7 nitrogen and oxygen atoms in total. The molecule has 0 aliphatic rings. The van der Waals surface area contributed by atoms with Crippen molar-refractivity contribution in [3.8, 4) is 0 Å². The van der Waals surface area contributed by atoms with Gasteiger partial charge in [0.05, 0.1) is 11.8 Å². The second-order valence-corrected chi connectivity index (χ2v) is 5.64. The molecule has 8 heteroatoms. The number of hydrogen-bond donors (Lipinski definition) is 3. The zero-order valence-corrected chi connectivity index (χ0v) is 11.0. The molecule has 3 N–H and O–H groups in total. The van der Waals surface area contributed by atoms with E-state index < -0.39 is 21.9 Å². The maximum Gasteiger partial charge on any atom is 0.335 e. The van der Waals surface area contributed by atoms with Gasteiger partial charge in [-0.3, -0.25) is 4.79 Å². The first-order chi connectivity index (χ1) is 8.79. The number of amides is 1. The number of benzene rings is 1. The molecule has 0 saturated heterocycles. The lowest BCUT2D eigenvalue weighted by atomic mass is 10.1. The quantitative estimate of drug-likeness (QED) is 0.619. The van der Waals surface area contributed by atoms with Crippen molar-refractivity contribution in [1.82, 2.24) is 10.0 Å². The molecule has 0 fully saturated rings. The summed E-state index contributed by atoms with van der Waals surface area (Å²) in [6.07, 6.45) is 1.03. The van der Waals surface area contributed by atoms with E-state index in [1.807, 2.05) is 0 Å². The largest absolute Gasteiger partial charge is 0.478 e. The average Bonchev–Trinajstić information content (AvgIpc) is 2.33. The molecule has 0 atom stereocenters. The zero-order valence-electron chi connectivity index (χ0n) is 10.2. The molecule has 0 unspecified atom stereocenters. The fourth-order valence-corrected chi connectivity index (χ4v) is 1.75. The molecule has 0 aliphatic heterocycles. The fourth-order valence-electron chi connectivity index (χ4n) is 1.28. The molecule has 0 radical (unpaired) electrons. The van der Waals surface area contributed by atoms with Crippen molar-refractivity contribution in [3.05, 3.63) is 35.4 Å². The van der Waals surface area contributed by atoms with Gasteiger partial charge in [0, 0.05) is 18.7 Å². The third-order valence-electron chi connectivity index (χ3n) is 2.17. The first-order valence-corrected chi connectivity index (χ1v) is 7.25. The van der Waals surface area contributed by atoms with Gasteiger partial charge in [-0.25, -0.2) is 17.9 Å². The molecule has 0 heterocycles. The molecule has 0 saturated carbocycles. The van der Waals surface area contributed by atoms with Crippen molar-refractivity contribution in [3.63, 3.8) is 0 Å². The Morgan fingerprint density at radius 3 is 2.11 bits per heavy atom. The van der Waals surface area contributed by atoms with E-state index in [-0.39, 0.29) is 18.7 Å². The second-order valence-electron chi connectivity index (χ2n) is 3.80. The Balaban J connectivity index is 2.48. The van der Waals surface area contributed by atoms with Gasteiger partial charge < -0.3 is 10.4 Å². The van der Waals surface area contributed by atoms with Crippen LogP contribution in [0.4, 0.5) is 0 Å². The Morgan fingerprint density at radius 2 is 1.63 bits per heavy atom. The van der Waals surface area contributed by atoms with Crippen molar-refractivity contribution >= 4 is 21.9 Å². The Morgan fingerprint density at radius 1 is 1.11 bits per heavy atom. The van der Waals surface area contributed by atoms with Crippen LogP contribution in [0.1, 0.15) is 20.7 Å². The SMILES string of the molecule is CS(=O)(=O)NCCNC(=O)c1ccc(C(=O)O)cc1. The van der Waals surface area contributed by atoms with E-state index in [4.69, 9.17) is 5.11 Å². The highest BCUT2D eigenvalue weighted by Crippen LogP contribution is 2.04. The monoisotopic (exact) mass is 286 g/mol. The lowest BCUT2D eigenvalue weighted by Crippen LogP contribution is -2.34. The molecule has 19 heavy (non-hydrogen) atoms. The van der Waals surface area contributed by atoms with Crippen molar-refractivity contribution in [2.75, 3.05) is 19.3 Å². The van der Waals surface area contributed by atoms with Crippen LogP contribution in [-0.4, -0.2) is 44.7 Å². The summed E-state index contributed by atoms with van der Waals surface area (Å²) in [6, 6.07) is 5.43. The molecular weight excluding hydrogens is 272 g/mol. The Kier molecular flexibility index (Phi) is 5.02. The fraction of sp³-hybridized carbons (Fsp3) is 0.273. The number of aromatic carboxylic acids is 1. The Bertz CT molecular complexity index is 565.